The standard InChI is InChI=1S/C19H24N4O3.ClH/c20-19-22(8-7-21-9-12-25-13-10-21)15-4-1-2-5-16(15)23(19)14-17(24)18-6-3-11-26-18;/h1-6,11,17,20,24H,7-10,12-14H2;1H. The minimum Gasteiger partial charge on any atom is -0.467 e. The van der Waals surface area contributed by atoms with E-state index < -0.39 is 6.10 Å². The molecule has 0 saturated carbocycles. The van der Waals surface area contributed by atoms with Crippen LogP contribution in [-0.2, 0) is 17.8 Å². The van der Waals surface area contributed by atoms with E-state index in [9.17, 15) is 5.11 Å². The van der Waals surface area contributed by atoms with E-state index in [4.69, 9.17) is 14.6 Å². The zero-order chi connectivity index (χ0) is 17.9. The van der Waals surface area contributed by atoms with Gasteiger partial charge in [0.15, 0.2) is 0 Å². The molecule has 7 nitrogen and oxygen atoms in total. The van der Waals surface area contributed by atoms with Crippen LogP contribution in [-0.4, -0.2) is 52.0 Å². The molecular formula is C19H25ClN4O3. The number of nitrogens with one attached hydrogen (secondary N) is 1. The third-order valence-corrected chi connectivity index (χ3v) is 4.95. The summed E-state index contributed by atoms with van der Waals surface area (Å²) in [4.78, 5) is 2.36. The lowest BCUT2D eigenvalue weighted by molar-refractivity contribution is 0.0363. The lowest BCUT2D eigenvalue weighted by Gasteiger charge is -2.26. The van der Waals surface area contributed by atoms with Crippen molar-refractivity contribution in [2.45, 2.75) is 19.2 Å². The second-order valence-corrected chi connectivity index (χ2v) is 6.56. The fourth-order valence-electron chi connectivity index (χ4n) is 3.52. The number of morpholine rings is 1. The fraction of sp³-hybridized carbons (Fsp3) is 0.421. The number of nitrogens with zero attached hydrogens (tertiary/aromatic N) is 3. The molecule has 4 rings (SSSR count). The Kier molecular flexibility index (Phi) is 6.38. The maximum atomic E-state index is 10.5. The molecule has 146 valence electrons. The monoisotopic (exact) mass is 392 g/mol. The molecule has 1 aliphatic heterocycles. The predicted octanol–water partition coefficient (Wildman–Crippen LogP) is 2.00. The number of benzene rings is 1. The molecule has 1 saturated heterocycles. The molecule has 0 aliphatic carbocycles. The van der Waals surface area contributed by atoms with Crippen LogP contribution in [0.2, 0.25) is 0 Å². The molecule has 1 aliphatic rings. The van der Waals surface area contributed by atoms with Gasteiger partial charge in [0.2, 0.25) is 5.62 Å². The van der Waals surface area contributed by atoms with E-state index in [1.807, 2.05) is 33.4 Å². The van der Waals surface area contributed by atoms with E-state index in [2.05, 4.69) is 4.90 Å². The van der Waals surface area contributed by atoms with Crippen molar-refractivity contribution in [1.29, 1.82) is 5.41 Å². The second-order valence-electron chi connectivity index (χ2n) is 6.56. The van der Waals surface area contributed by atoms with E-state index in [1.54, 1.807) is 18.4 Å². The molecule has 0 spiro atoms. The first-order valence-electron chi connectivity index (χ1n) is 8.98. The molecule has 8 heteroatoms. The average molecular weight is 393 g/mol. The van der Waals surface area contributed by atoms with Crippen molar-refractivity contribution < 1.29 is 14.3 Å². The van der Waals surface area contributed by atoms with Gasteiger partial charge in [-0.1, -0.05) is 12.1 Å². The predicted molar refractivity (Wildman–Crippen MR) is 104 cm³/mol. The van der Waals surface area contributed by atoms with Gasteiger partial charge in [-0.3, -0.25) is 10.3 Å². The number of halogens is 1. The van der Waals surface area contributed by atoms with Crippen LogP contribution in [0, 0.1) is 5.41 Å². The van der Waals surface area contributed by atoms with Crippen LogP contribution in [0.15, 0.2) is 47.1 Å². The zero-order valence-electron chi connectivity index (χ0n) is 15.1. The van der Waals surface area contributed by atoms with Crippen molar-refractivity contribution in [2.75, 3.05) is 32.8 Å². The molecule has 3 aromatic rings. The van der Waals surface area contributed by atoms with E-state index in [-0.39, 0.29) is 19.0 Å². The Morgan fingerprint density at radius 2 is 1.70 bits per heavy atom. The van der Waals surface area contributed by atoms with E-state index >= 15 is 0 Å². The highest BCUT2D eigenvalue weighted by atomic mass is 35.5. The highest BCUT2D eigenvalue weighted by Crippen LogP contribution is 2.19. The van der Waals surface area contributed by atoms with Gasteiger partial charge in [-0.25, -0.2) is 0 Å². The average Bonchev–Trinajstić information content (AvgIpc) is 3.29. The van der Waals surface area contributed by atoms with Crippen LogP contribution >= 0.6 is 12.4 Å². The largest absolute Gasteiger partial charge is 0.467 e. The van der Waals surface area contributed by atoms with Crippen molar-refractivity contribution in [1.82, 2.24) is 14.0 Å². The molecule has 2 N–H and O–H groups in total. The van der Waals surface area contributed by atoms with Gasteiger partial charge in [0, 0.05) is 26.2 Å². The van der Waals surface area contributed by atoms with Crippen molar-refractivity contribution in [2.24, 2.45) is 0 Å². The number of aliphatic hydroxyl groups is 1. The number of hydrogen-bond acceptors (Lipinski definition) is 5. The fourth-order valence-corrected chi connectivity index (χ4v) is 3.52. The number of ether oxygens (including phenoxy) is 1. The zero-order valence-corrected chi connectivity index (χ0v) is 15.9. The Bertz CT molecular complexity index is 913. The summed E-state index contributed by atoms with van der Waals surface area (Å²) in [5, 5.41) is 19.1. The van der Waals surface area contributed by atoms with E-state index in [0.717, 1.165) is 50.4 Å². The Morgan fingerprint density at radius 3 is 2.37 bits per heavy atom. The van der Waals surface area contributed by atoms with Gasteiger partial charge in [0.25, 0.3) is 0 Å². The third kappa shape index (κ3) is 4.11. The van der Waals surface area contributed by atoms with E-state index in [0.29, 0.717) is 11.4 Å². The molecule has 0 bridgehead atoms. The van der Waals surface area contributed by atoms with Crippen LogP contribution in [0.4, 0.5) is 0 Å². The molecule has 0 radical (unpaired) electrons. The summed E-state index contributed by atoms with van der Waals surface area (Å²) in [6, 6.07) is 11.5. The summed E-state index contributed by atoms with van der Waals surface area (Å²) in [5.41, 5.74) is 2.35. The molecule has 3 heterocycles. The number of hydrogen-bond donors (Lipinski definition) is 2. The second kappa shape index (κ2) is 8.75. The topological polar surface area (TPSA) is 79.5 Å². The summed E-state index contributed by atoms with van der Waals surface area (Å²) in [7, 11) is 0. The Morgan fingerprint density at radius 1 is 1.00 bits per heavy atom. The Hall–Kier alpha value is -2.06. The molecule has 0 amide bonds. The number of para-hydroxylation sites is 2. The number of aromatic nitrogens is 2. The lowest BCUT2D eigenvalue weighted by atomic mass is 10.2. The van der Waals surface area contributed by atoms with Gasteiger partial charge in [-0.05, 0) is 24.3 Å². The van der Waals surface area contributed by atoms with Crippen LogP contribution in [0.1, 0.15) is 11.9 Å². The smallest absolute Gasteiger partial charge is 0.203 e. The van der Waals surface area contributed by atoms with Crippen LogP contribution in [0.5, 0.6) is 0 Å². The van der Waals surface area contributed by atoms with Gasteiger partial charge < -0.3 is 23.4 Å². The maximum Gasteiger partial charge on any atom is 0.203 e. The van der Waals surface area contributed by atoms with Gasteiger partial charge >= 0.3 is 0 Å². The number of rotatable bonds is 6. The normalized spacial score (nSPS) is 16.3. The molecule has 1 fully saturated rings. The quantitative estimate of drug-likeness (QED) is 0.672. The third-order valence-electron chi connectivity index (χ3n) is 4.95. The molecule has 1 aromatic carbocycles. The van der Waals surface area contributed by atoms with E-state index in [1.165, 1.54) is 0 Å². The van der Waals surface area contributed by atoms with Gasteiger partial charge in [0.05, 0.1) is 37.1 Å². The van der Waals surface area contributed by atoms with Crippen LogP contribution in [0.25, 0.3) is 11.0 Å². The first-order chi connectivity index (χ1) is 12.7. The lowest BCUT2D eigenvalue weighted by Crippen LogP contribution is -2.39. The highest BCUT2D eigenvalue weighted by Gasteiger charge is 2.17. The number of fused-ring (bicyclic) bond motifs is 1. The summed E-state index contributed by atoms with van der Waals surface area (Å²) in [5.74, 6) is 0.516. The van der Waals surface area contributed by atoms with Crippen molar-refractivity contribution in [3.63, 3.8) is 0 Å². The molecule has 1 atom stereocenters. The molecule has 27 heavy (non-hydrogen) atoms. The minimum absolute atomic E-state index is 0. The van der Waals surface area contributed by atoms with Crippen molar-refractivity contribution in [3.8, 4) is 0 Å². The van der Waals surface area contributed by atoms with Gasteiger partial charge in [-0.2, -0.15) is 0 Å². The summed E-state index contributed by atoms with van der Waals surface area (Å²) in [6.45, 7) is 5.33. The summed E-state index contributed by atoms with van der Waals surface area (Å²) < 4.78 is 14.6. The maximum absolute atomic E-state index is 10.5. The minimum atomic E-state index is -0.780. The molecule has 1 unspecified atom stereocenters. The molecule has 2 aromatic heterocycles. The first kappa shape index (κ1) is 19.7. The summed E-state index contributed by atoms with van der Waals surface area (Å²) >= 11 is 0. The van der Waals surface area contributed by atoms with Gasteiger partial charge in [0.1, 0.15) is 11.9 Å². The van der Waals surface area contributed by atoms with Crippen LogP contribution in [0.3, 0.4) is 0 Å². The molecular weight excluding hydrogens is 368 g/mol. The summed E-state index contributed by atoms with van der Waals surface area (Å²) in [6.07, 6.45) is 0.772. The van der Waals surface area contributed by atoms with Gasteiger partial charge in [-0.15, -0.1) is 12.4 Å². The highest BCUT2D eigenvalue weighted by molar-refractivity contribution is 5.85. The number of furan rings is 1. The SMILES string of the molecule is Cl.N=c1n(CCN2CCOCC2)c2ccccc2n1CC(O)c1ccco1. The number of aliphatic hydroxyl groups excluding tert-OH is 1. The first-order valence-corrected chi connectivity index (χ1v) is 8.98. The Balaban J connectivity index is 0.00000210. The Labute approximate surface area is 163 Å². The van der Waals surface area contributed by atoms with Crippen molar-refractivity contribution >= 4 is 23.4 Å². The number of imidazole rings is 1. The van der Waals surface area contributed by atoms with Crippen LogP contribution < -0.4 is 5.62 Å². The van der Waals surface area contributed by atoms with Crippen molar-refractivity contribution in [3.05, 3.63) is 54.0 Å².